The number of benzene rings is 1. The van der Waals surface area contributed by atoms with Gasteiger partial charge in [-0.05, 0) is 6.07 Å². The Morgan fingerprint density at radius 1 is 1.47 bits per heavy atom. The van der Waals surface area contributed by atoms with Crippen LogP contribution in [0.5, 0.6) is 0 Å². The third-order valence-electron chi connectivity index (χ3n) is 2.29. The summed E-state index contributed by atoms with van der Waals surface area (Å²) in [7, 11) is 1.30. The van der Waals surface area contributed by atoms with Crippen LogP contribution in [0.2, 0.25) is 10.0 Å². The van der Waals surface area contributed by atoms with Crippen molar-refractivity contribution in [2.75, 3.05) is 12.9 Å². The van der Waals surface area contributed by atoms with E-state index in [0.29, 0.717) is 10.6 Å². The molecule has 0 aliphatic rings. The van der Waals surface area contributed by atoms with Crippen LogP contribution in [0.15, 0.2) is 17.0 Å². The molecule has 19 heavy (non-hydrogen) atoms. The van der Waals surface area contributed by atoms with E-state index in [1.807, 2.05) is 0 Å². The minimum Gasteiger partial charge on any atom is -0.469 e. The van der Waals surface area contributed by atoms with Gasteiger partial charge in [0.25, 0.3) is 5.69 Å². The van der Waals surface area contributed by atoms with Crippen molar-refractivity contribution in [3.63, 3.8) is 0 Å². The Morgan fingerprint density at radius 3 is 2.58 bits per heavy atom. The number of esters is 1. The molecule has 0 heterocycles. The monoisotopic (exact) mass is 323 g/mol. The van der Waals surface area contributed by atoms with Crippen molar-refractivity contribution < 1.29 is 14.5 Å². The van der Waals surface area contributed by atoms with E-state index in [1.54, 1.807) is 6.92 Å². The fourth-order valence-electron chi connectivity index (χ4n) is 1.26. The van der Waals surface area contributed by atoms with Crippen molar-refractivity contribution in [1.82, 2.24) is 0 Å². The van der Waals surface area contributed by atoms with Gasteiger partial charge in [0.1, 0.15) is 0 Å². The molecule has 0 saturated carbocycles. The number of nitro benzene ring substituents is 1. The van der Waals surface area contributed by atoms with Crippen molar-refractivity contribution in [3.05, 3.63) is 32.3 Å². The summed E-state index contributed by atoms with van der Waals surface area (Å²) in [6, 6.07) is 2.63. The molecule has 1 unspecified atom stereocenters. The first kappa shape index (κ1) is 16.1. The van der Waals surface area contributed by atoms with Gasteiger partial charge in [0, 0.05) is 11.8 Å². The van der Waals surface area contributed by atoms with E-state index in [4.69, 9.17) is 23.2 Å². The molecule has 1 atom stereocenters. The van der Waals surface area contributed by atoms with Gasteiger partial charge >= 0.3 is 5.97 Å². The quantitative estimate of drug-likeness (QED) is 0.356. The van der Waals surface area contributed by atoms with Crippen LogP contribution in [0.3, 0.4) is 0 Å². The first-order chi connectivity index (χ1) is 8.86. The third kappa shape index (κ3) is 4.26. The second kappa shape index (κ2) is 6.98. The summed E-state index contributed by atoms with van der Waals surface area (Å²) in [6.45, 7) is 1.68. The zero-order valence-corrected chi connectivity index (χ0v) is 12.5. The molecule has 5 nitrogen and oxygen atoms in total. The Kier molecular flexibility index (Phi) is 5.90. The average molecular weight is 324 g/mol. The van der Waals surface area contributed by atoms with Gasteiger partial charge in [-0.25, -0.2) is 0 Å². The molecule has 0 fully saturated rings. The second-order valence-corrected chi connectivity index (χ2v) is 5.60. The molecule has 0 aliphatic carbocycles. The number of nitro groups is 1. The molecular weight excluding hydrogens is 313 g/mol. The summed E-state index contributed by atoms with van der Waals surface area (Å²) in [5.74, 6) is -0.384. The van der Waals surface area contributed by atoms with E-state index in [-0.39, 0.29) is 27.6 Å². The Labute approximate surface area is 124 Å². The number of thioether (sulfide) groups is 1. The number of halogens is 2. The summed E-state index contributed by atoms with van der Waals surface area (Å²) < 4.78 is 4.59. The molecule has 1 aromatic carbocycles. The van der Waals surface area contributed by atoms with Crippen LogP contribution in [0.25, 0.3) is 0 Å². The number of methoxy groups -OCH3 is 1. The SMILES string of the molecule is COC(=O)C(C)CSc1cc(Cl)c(Cl)cc1[N+](=O)[O-]. The molecule has 1 aromatic rings. The standard InChI is InChI=1S/C11H11Cl2NO4S/c1-6(11(15)18-2)5-19-10-4-8(13)7(12)3-9(10)14(16)17/h3-4,6H,5H2,1-2H3. The van der Waals surface area contributed by atoms with Crippen LogP contribution in [0.4, 0.5) is 5.69 Å². The second-order valence-electron chi connectivity index (χ2n) is 3.73. The normalized spacial score (nSPS) is 12.0. The maximum atomic E-state index is 11.3. The predicted octanol–water partition coefficient (Wildman–Crippen LogP) is 3.80. The lowest BCUT2D eigenvalue weighted by Gasteiger charge is -2.09. The first-order valence-electron chi connectivity index (χ1n) is 5.20. The van der Waals surface area contributed by atoms with Crippen LogP contribution in [0, 0.1) is 16.0 Å². The van der Waals surface area contributed by atoms with E-state index in [1.165, 1.54) is 19.2 Å². The Morgan fingerprint density at radius 2 is 2.05 bits per heavy atom. The maximum Gasteiger partial charge on any atom is 0.309 e. The van der Waals surface area contributed by atoms with E-state index in [2.05, 4.69) is 4.74 Å². The van der Waals surface area contributed by atoms with E-state index in [9.17, 15) is 14.9 Å². The summed E-state index contributed by atoms with van der Waals surface area (Å²) in [5, 5.41) is 11.3. The van der Waals surface area contributed by atoms with Gasteiger partial charge in [-0.2, -0.15) is 0 Å². The molecule has 0 amide bonds. The molecule has 1 rings (SSSR count). The Balaban J connectivity index is 2.91. The van der Waals surface area contributed by atoms with Crippen molar-refractivity contribution >= 4 is 46.6 Å². The fourth-order valence-corrected chi connectivity index (χ4v) is 2.69. The molecule has 0 aromatic heterocycles. The third-order valence-corrected chi connectivity index (χ3v) is 4.32. The minimum absolute atomic E-state index is 0.124. The predicted molar refractivity (Wildman–Crippen MR) is 75.0 cm³/mol. The Hall–Kier alpha value is -0.980. The average Bonchev–Trinajstić information content (AvgIpc) is 2.37. The Bertz CT molecular complexity index is 510. The van der Waals surface area contributed by atoms with Gasteiger partial charge in [-0.1, -0.05) is 30.1 Å². The van der Waals surface area contributed by atoms with E-state index < -0.39 is 4.92 Å². The van der Waals surface area contributed by atoms with Crippen LogP contribution < -0.4 is 0 Å². The molecule has 0 spiro atoms. The van der Waals surface area contributed by atoms with Gasteiger partial charge in [-0.15, -0.1) is 11.8 Å². The van der Waals surface area contributed by atoms with Crippen LogP contribution in [0.1, 0.15) is 6.92 Å². The van der Waals surface area contributed by atoms with Gasteiger partial charge < -0.3 is 4.74 Å². The summed E-state index contributed by atoms with van der Waals surface area (Å²) >= 11 is 12.7. The number of carbonyl (C=O) groups is 1. The zero-order chi connectivity index (χ0) is 14.6. The maximum absolute atomic E-state index is 11.3. The molecule has 0 N–H and O–H groups in total. The lowest BCUT2D eigenvalue weighted by molar-refractivity contribution is -0.387. The lowest BCUT2D eigenvalue weighted by atomic mass is 10.2. The molecule has 0 radical (unpaired) electrons. The van der Waals surface area contributed by atoms with Gasteiger partial charge in [0.15, 0.2) is 0 Å². The number of rotatable bonds is 5. The molecular formula is C11H11Cl2NO4S. The van der Waals surface area contributed by atoms with Crippen molar-refractivity contribution in [2.45, 2.75) is 11.8 Å². The van der Waals surface area contributed by atoms with Gasteiger partial charge in [-0.3, -0.25) is 14.9 Å². The fraction of sp³-hybridized carbons (Fsp3) is 0.364. The molecule has 0 aliphatic heterocycles. The highest BCUT2D eigenvalue weighted by Gasteiger charge is 2.20. The molecule has 8 heteroatoms. The largest absolute Gasteiger partial charge is 0.469 e. The smallest absolute Gasteiger partial charge is 0.309 e. The summed E-state index contributed by atoms with van der Waals surface area (Å²) in [6.07, 6.45) is 0. The zero-order valence-electron chi connectivity index (χ0n) is 10.2. The molecule has 104 valence electrons. The minimum atomic E-state index is -0.534. The van der Waals surface area contributed by atoms with Crippen LogP contribution in [-0.2, 0) is 9.53 Å². The summed E-state index contributed by atoms with van der Waals surface area (Å²) in [5.41, 5.74) is -0.128. The van der Waals surface area contributed by atoms with Gasteiger partial charge in [0.2, 0.25) is 0 Å². The van der Waals surface area contributed by atoms with Crippen LogP contribution >= 0.6 is 35.0 Å². The molecule has 0 saturated heterocycles. The summed E-state index contributed by atoms with van der Waals surface area (Å²) in [4.78, 5) is 22.0. The number of nitrogens with zero attached hydrogens (tertiary/aromatic N) is 1. The topological polar surface area (TPSA) is 69.4 Å². The molecule has 0 bridgehead atoms. The highest BCUT2D eigenvalue weighted by Crippen LogP contribution is 2.37. The van der Waals surface area contributed by atoms with Crippen molar-refractivity contribution in [2.24, 2.45) is 5.92 Å². The van der Waals surface area contributed by atoms with Crippen molar-refractivity contribution in [1.29, 1.82) is 0 Å². The number of hydrogen-bond donors (Lipinski definition) is 0. The number of carbonyl (C=O) groups excluding carboxylic acids is 1. The van der Waals surface area contributed by atoms with Crippen molar-refractivity contribution in [3.8, 4) is 0 Å². The van der Waals surface area contributed by atoms with E-state index in [0.717, 1.165) is 11.8 Å². The lowest BCUT2D eigenvalue weighted by Crippen LogP contribution is -2.14. The van der Waals surface area contributed by atoms with E-state index >= 15 is 0 Å². The highest BCUT2D eigenvalue weighted by atomic mass is 35.5. The van der Waals surface area contributed by atoms with Gasteiger partial charge in [0.05, 0.1) is 32.9 Å². The first-order valence-corrected chi connectivity index (χ1v) is 6.95. The van der Waals surface area contributed by atoms with Crippen LogP contribution in [-0.4, -0.2) is 23.8 Å². The highest BCUT2D eigenvalue weighted by molar-refractivity contribution is 7.99. The number of ether oxygens (including phenoxy) is 1. The number of hydrogen-bond acceptors (Lipinski definition) is 5.